The van der Waals surface area contributed by atoms with Gasteiger partial charge in [-0.15, -0.1) is 0 Å². The lowest BCUT2D eigenvalue weighted by Gasteiger charge is -1.95. The van der Waals surface area contributed by atoms with E-state index in [0.29, 0.717) is 17.9 Å². The fourth-order valence-corrected chi connectivity index (χ4v) is 1.04. The van der Waals surface area contributed by atoms with Crippen LogP contribution in [0, 0.1) is 0 Å². The standard InChI is InChI=1S/C8H8N4O2/c1-2-14-8(13)7-11-5-6(12-7)10-4-3-9-5/h3-4H,2H2,1H3,(H,9,10,11,12). The fourth-order valence-electron chi connectivity index (χ4n) is 1.04. The van der Waals surface area contributed by atoms with E-state index in [0.717, 1.165) is 0 Å². The topological polar surface area (TPSA) is 80.8 Å². The number of carbonyl (C=O) groups excluding carboxylic acids is 1. The molecule has 0 aliphatic carbocycles. The van der Waals surface area contributed by atoms with Crippen molar-refractivity contribution >= 4 is 17.3 Å². The maximum Gasteiger partial charge on any atom is 0.374 e. The highest BCUT2D eigenvalue weighted by molar-refractivity contribution is 5.88. The van der Waals surface area contributed by atoms with Gasteiger partial charge in [-0.3, -0.25) is 0 Å². The van der Waals surface area contributed by atoms with Crippen molar-refractivity contribution in [3.8, 4) is 0 Å². The molecule has 14 heavy (non-hydrogen) atoms. The number of nitrogens with one attached hydrogen (secondary N) is 1. The Balaban J connectivity index is 2.40. The molecule has 6 nitrogen and oxygen atoms in total. The number of esters is 1. The van der Waals surface area contributed by atoms with Crippen LogP contribution in [-0.2, 0) is 4.74 Å². The normalized spacial score (nSPS) is 10.4. The molecule has 0 unspecified atom stereocenters. The van der Waals surface area contributed by atoms with Crippen molar-refractivity contribution in [1.82, 2.24) is 19.9 Å². The highest BCUT2D eigenvalue weighted by Gasteiger charge is 2.12. The summed E-state index contributed by atoms with van der Waals surface area (Å²) in [4.78, 5) is 25.8. The van der Waals surface area contributed by atoms with E-state index in [1.165, 1.54) is 12.4 Å². The Morgan fingerprint density at radius 2 is 2.29 bits per heavy atom. The average Bonchev–Trinajstić information content (AvgIpc) is 2.61. The number of nitrogens with zero attached hydrogens (tertiary/aromatic N) is 3. The number of rotatable bonds is 2. The van der Waals surface area contributed by atoms with Gasteiger partial charge in [-0.25, -0.2) is 19.7 Å². The number of aromatic nitrogens is 4. The number of carbonyl (C=O) groups is 1. The third-order valence-corrected chi connectivity index (χ3v) is 1.60. The largest absolute Gasteiger partial charge is 0.460 e. The lowest BCUT2D eigenvalue weighted by molar-refractivity contribution is 0.0513. The van der Waals surface area contributed by atoms with Crippen molar-refractivity contribution in [2.24, 2.45) is 0 Å². The Morgan fingerprint density at radius 3 is 3.00 bits per heavy atom. The number of H-pyrrole nitrogens is 1. The zero-order valence-electron chi connectivity index (χ0n) is 7.52. The van der Waals surface area contributed by atoms with Crippen molar-refractivity contribution in [2.75, 3.05) is 6.61 Å². The SMILES string of the molecule is CCOC(=O)c1nc2nccnc2[nH]1. The molecule has 1 N–H and O–H groups in total. The van der Waals surface area contributed by atoms with Crippen LogP contribution in [0.4, 0.5) is 0 Å². The number of ether oxygens (including phenoxy) is 1. The van der Waals surface area contributed by atoms with Crippen LogP contribution in [0.2, 0.25) is 0 Å². The van der Waals surface area contributed by atoms with Crippen LogP contribution < -0.4 is 0 Å². The van der Waals surface area contributed by atoms with Gasteiger partial charge in [0.25, 0.3) is 0 Å². The van der Waals surface area contributed by atoms with Gasteiger partial charge in [0, 0.05) is 12.4 Å². The summed E-state index contributed by atoms with van der Waals surface area (Å²) in [6, 6.07) is 0. The second-order valence-corrected chi connectivity index (χ2v) is 2.53. The highest BCUT2D eigenvalue weighted by Crippen LogP contribution is 2.04. The number of aromatic amines is 1. The molecule has 2 heterocycles. The third-order valence-electron chi connectivity index (χ3n) is 1.60. The van der Waals surface area contributed by atoms with E-state index in [4.69, 9.17) is 4.74 Å². The molecule has 2 aromatic heterocycles. The molecule has 0 aliphatic heterocycles. The molecule has 0 radical (unpaired) electrons. The molecular formula is C8H8N4O2. The van der Waals surface area contributed by atoms with E-state index < -0.39 is 5.97 Å². The van der Waals surface area contributed by atoms with E-state index in [2.05, 4.69) is 19.9 Å². The fraction of sp³-hybridized carbons (Fsp3) is 0.250. The zero-order chi connectivity index (χ0) is 9.97. The summed E-state index contributed by atoms with van der Waals surface area (Å²) >= 11 is 0. The van der Waals surface area contributed by atoms with E-state index >= 15 is 0 Å². The number of hydrogen-bond acceptors (Lipinski definition) is 5. The molecule has 0 saturated heterocycles. The minimum atomic E-state index is -0.493. The van der Waals surface area contributed by atoms with E-state index in [9.17, 15) is 4.79 Å². The van der Waals surface area contributed by atoms with Gasteiger partial charge in [0.1, 0.15) is 0 Å². The minimum absolute atomic E-state index is 0.132. The molecule has 6 heteroatoms. The van der Waals surface area contributed by atoms with Gasteiger partial charge in [0.2, 0.25) is 5.82 Å². The molecule has 0 fully saturated rings. The smallest absolute Gasteiger partial charge is 0.374 e. The van der Waals surface area contributed by atoms with Crippen molar-refractivity contribution in [3.63, 3.8) is 0 Å². The Kier molecular flexibility index (Phi) is 2.10. The predicted molar refractivity (Wildman–Crippen MR) is 47.6 cm³/mol. The quantitative estimate of drug-likeness (QED) is 0.702. The van der Waals surface area contributed by atoms with Crippen molar-refractivity contribution < 1.29 is 9.53 Å². The van der Waals surface area contributed by atoms with Gasteiger partial charge in [-0.1, -0.05) is 0 Å². The first kappa shape index (κ1) is 8.61. The summed E-state index contributed by atoms with van der Waals surface area (Å²) in [6.07, 6.45) is 3.04. The summed E-state index contributed by atoms with van der Waals surface area (Å²) in [5.74, 6) is -0.361. The molecule has 2 aromatic rings. The Hall–Kier alpha value is -1.98. The maximum absolute atomic E-state index is 11.2. The first-order valence-corrected chi connectivity index (χ1v) is 4.15. The van der Waals surface area contributed by atoms with Crippen LogP contribution in [-0.4, -0.2) is 32.5 Å². The van der Waals surface area contributed by atoms with E-state index in [1.54, 1.807) is 6.92 Å². The number of fused-ring (bicyclic) bond motifs is 1. The Morgan fingerprint density at radius 1 is 1.50 bits per heavy atom. The summed E-state index contributed by atoms with van der Waals surface area (Å²) in [7, 11) is 0. The summed E-state index contributed by atoms with van der Waals surface area (Å²) < 4.78 is 4.77. The summed E-state index contributed by atoms with van der Waals surface area (Å²) in [6.45, 7) is 2.05. The molecule has 0 aliphatic rings. The average molecular weight is 192 g/mol. The van der Waals surface area contributed by atoms with Crippen LogP contribution in [0.5, 0.6) is 0 Å². The molecule has 0 atom stereocenters. The second kappa shape index (κ2) is 3.41. The first-order chi connectivity index (χ1) is 6.81. The molecular weight excluding hydrogens is 184 g/mol. The molecule has 72 valence electrons. The van der Waals surface area contributed by atoms with Crippen molar-refractivity contribution in [3.05, 3.63) is 18.2 Å². The molecule has 0 aromatic carbocycles. The summed E-state index contributed by atoms with van der Waals surface area (Å²) in [5.41, 5.74) is 0.895. The highest BCUT2D eigenvalue weighted by atomic mass is 16.5. The van der Waals surface area contributed by atoms with Gasteiger partial charge < -0.3 is 9.72 Å². The number of hydrogen-bond donors (Lipinski definition) is 1. The first-order valence-electron chi connectivity index (χ1n) is 4.15. The van der Waals surface area contributed by atoms with Crippen LogP contribution >= 0.6 is 0 Å². The van der Waals surface area contributed by atoms with Crippen LogP contribution in [0.1, 0.15) is 17.5 Å². The molecule has 0 bridgehead atoms. The van der Waals surface area contributed by atoms with Gasteiger partial charge in [0.05, 0.1) is 6.61 Å². The van der Waals surface area contributed by atoms with Crippen LogP contribution in [0.15, 0.2) is 12.4 Å². The Labute approximate surface area is 79.4 Å². The lowest BCUT2D eigenvalue weighted by Crippen LogP contribution is -2.06. The maximum atomic E-state index is 11.2. The lowest BCUT2D eigenvalue weighted by atomic mass is 10.6. The van der Waals surface area contributed by atoms with Crippen LogP contribution in [0.3, 0.4) is 0 Å². The monoisotopic (exact) mass is 192 g/mol. The Bertz CT molecular complexity index is 432. The van der Waals surface area contributed by atoms with Gasteiger partial charge >= 0.3 is 5.97 Å². The number of imidazole rings is 1. The van der Waals surface area contributed by atoms with E-state index in [1.807, 2.05) is 0 Å². The minimum Gasteiger partial charge on any atom is -0.460 e. The van der Waals surface area contributed by atoms with Gasteiger partial charge in [-0.05, 0) is 6.92 Å². The van der Waals surface area contributed by atoms with Crippen molar-refractivity contribution in [2.45, 2.75) is 6.92 Å². The third kappa shape index (κ3) is 1.41. The molecule has 0 amide bonds. The van der Waals surface area contributed by atoms with Gasteiger partial charge in [-0.2, -0.15) is 0 Å². The van der Waals surface area contributed by atoms with E-state index in [-0.39, 0.29) is 5.82 Å². The predicted octanol–water partition coefficient (Wildman–Crippen LogP) is 0.530. The molecule has 0 saturated carbocycles. The molecule has 2 rings (SSSR count). The summed E-state index contributed by atoms with van der Waals surface area (Å²) in [5, 5.41) is 0. The second-order valence-electron chi connectivity index (χ2n) is 2.53. The zero-order valence-corrected chi connectivity index (χ0v) is 7.52. The molecule has 0 spiro atoms. The van der Waals surface area contributed by atoms with Crippen LogP contribution in [0.25, 0.3) is 11.3 Å². The van der Waals surface area contributed by atoms with Crippen molar-refractivity contribution in [1.29, 1.82) is 0 Å². The van der Waals surface area contributed by atoms with Gasteiger partial charge in [0.15, 0.2) is 11.3 Å².